The quantitative estimate of drug-likeness (QED) is 0.839. The topological polar surface area (TPSA) is 41.1 Å². The van der Waals surface area contributed by atoms with E-state index in [1.54, 1.807) is 0 Å². The van der Waals surface area contributed by atoms with Crippen molar-refractivity contribution < 1.29 is 4.79 Å². The smallest absolute Gasteiger partial charge is 0.238 e. The first kappa shape index (κ1) is 15.7. The summed E-state index contributed by atoms with van der Waals surface area (Å²) in [6.45, 7) is 8.37. The van der Waals surface area contributed by atoms with Crippen molar-refractivity contribution in [2.45, 2.75) is 33.2 Å². The van der Waals surface area contributed by atoms with Crippen LogP contribution in [0.2, 0.25) is 0 Å². The molecular formula is C13H18Br2N2O. The van der Waals surface area contributed by atoms with Crippen molar-refractivity contribution in [3.8, 4) is 0 Å². The Morgan fingerprint density at radius 2 is 1.72 bits per heavy atom. The fourth-order valence-corrected chi connectivity index (χ4v) is 2.96. The van der Waals surface area contributed by atoms with Gasteiger partial charge in [-0.1, -0.05) is 0 Å². The minimum Gasteiger partial charge on any atom is -0.323 e. The Balaban J connectivity index is 2.71. The number of benzene rings is 1. The lowest BCUT2D eigenvalue weighted by molar-refractivity contribution is -0.115. The molecule has 0 saturated carbocycles. The molecule has 0 fully saturated rings. The molecule has 0 spiro atoms. The number of halogens is 2. The number of amides is 1. The van der Waals surface area contributed by atoms with Gasteiger partial charge >= 0.3 is 0 Å². The van der Waals surface area contributed by atoms with Crippen LogP contribution in [0.5, 0.6) is 0 Å². The highest BCUT2D eigenvalue weighted by atomic mass is 79.9. The lowest BCUT2D eigenvalue weighted by Gasteiger charge is -2.20. The summed E-state index contributed by atoms with van der Waals surface area (Å²) in [5.41, 5.74) is 1.82. The van der Waals surface area contributed by atoms with Gasteiger partial charge in [0.25, 0.3) is 0 Å². The van der Waals surface area contributed by atoms with E-state index in [0.717, 1.165) is 20.2 Å². The summed E-state index contributed by atoms with van der Waals surface area (Å²) < 4.78 is 1.75. The third-order valence-corrected chi connectivity index (χ3v) is 3.48. The molecule has 0 aromatic heterocycles. The summed E-state index contributed by atoms with van der Waals surface area (Å²) in [7, 11) is 0. The Morgan fingerprint density at radius 1 is 1.22 bits per heavy atom. The van der Waals surface area contributed by atoms with E-state index < -0.39 is 0 Å². The molecular weight excluding hydrogens is 360 g/mol. The molecule has 0 aliphatic rings. The first-order chi connectivity index (χ1) is 8.19. The minimum absolute atomic E-state index is 0.0600. The van der Waals surface area contributed by atoms with Crippen molar-refractivity contribution in [2.75, 3.05) is 11.9 Å². The molecule has 0 aliphatic heterocycles. The van der Waals surface area contributed by atoms with Gasteiger partial charge in [-0.3, -0.25) is 4.79 Å². The van der Waals surface area contributed by atoms with Crippen LogP contribution in [0.25, 0.3) is 0 Å². The van der Waals surface area contributed by atoms with Gasteiger partial charge in [0.2, 0.25) is 5.91 Å². The summed E-state index contributed by atoms with van der Waals surface area (Å²) in [5, 5.41) is 6.03. The van der Waals surface area contributed by atoms with Crippen molar-refractivity contribution in [3.05, 3.63) is 26.6 Å². The van der Waals surface area contributed by atoms with Crippen LogP contribution in [-0.4, -0.2) is 18.0 Å². The first-order valence-corrected chi connectivity index (χ1v) is 7.28. The Hall–Kier alpha value is -0.390. The molecule has 5 heteroatoms. The van der Waals surface area contributed by atoms with Crippen LogP contribution in [0.4, 0.5) is 5.69 Å². The van der Waals surface area contributed by atoms with Crippen LogP contribution in [0.15, 0.2) is 21.1 Å². The van der Waals surface area contributed by atoms with E-state index in [1.165, 1.54) is 0 Å². The van der Waals surface area contributed by atoms with Crippen molar-refractivity contribution in [3.63, 3.8) is 0 Å². The molecule has 0 heterocycles. The lowest BCUT2D eigenvalue weighted by Crippen LogP contribution is -2.41. The molecule has 0 bridgehead atoms. The van der Waals surface area contributed by atoms with E-state index in [1.807, 2.05) is 39.8 Å². The van der Waals surface area contributed by atoms with Gasteiger partial charge in [-0.15, -0.1) is 0 Å². The number of nitrogens with one attached hydrogen (secondary N) is 2. The molecule has 1 aromatic rings. The molecule has 1 amide bonds. The largest absolute Gasteiger partial charge is 0.323 e. The van der Waals surface area contributed by atoms with Crippen molar-refractivity contribution >= 4 is 43.5 Å². The third kappa shape index (κ3) is 5.08. The molecule has 3 nitrogen and oxygen atoms in total. The van der Waals surface area contributed by atoms with Crippen LogP contribution in [0.1, 0.15) is 26.3 Å². The van der Waals surface area contributed by atoms with Gasteiger partial charge in [0.1, 0.15) is 0 Å². The standard InChI is InChI=1S/C13H18Br2N2O/c1-8-5-9(14)12(10(15)6-8)17-11(18)7-16-13(2,3)4/h5-6,16H,7H2,1-4H3,(H,17,18). The van der Waals surface area contributed by atoms with E-state index >= 15 is 0 Å². The van der Waals surface area contributed by atoms with E-state index in [2.05, 4.69) is 42.5 Å². The number of aryl methyl sites for hydroxylation is 1. The Morgan fingerprint density at radius 3 is 2.17 bits per heavy atom. The molecule has 0 aliphatic carbocycles. The zero-order chi connectivity index (χ0) is 13.9. The normalized spacial score (nSPS) is 11.4. The van der Waals surface area contributed by atoms with Gasteiger partial charge in [0, 0.05) is 14.5 Å². The number of carbonyl (C=O) groups is 1. The zero-order valence-corrected chi connectivity index (χ0v) is 14.2. The van der Waals surface area contributed by atoms with E-state index in [0.29, 0.717) is 0 Å². The summed E-state index contributed by atoms with van der Waals surface area (Å²) in [4.78, 5) is 11.8. The fraction of sp³-hybridized carbons (Fsp3) is 0.462. The Bertz CT molecular complexity index is 430. The van der Waals surface area contributed by atoms with Crippen LogP contribution in [0.3, 0.4) is 0 Å². The third-order valence-electron chi connectivity index (χ3n) is 2.23. The van der Waals surface area contributed by atoms with Crippen molar-refractivity contribution in [1.29, 1.82) is 0 Å². The maximum atomic E-state index is 11.8. The summed E-state index contributed by atoms with van der Waals surface area (Å²) in [5.74, 6) is -0.0600. The maximum Gasteiger partial charge on any atom is 0.238 e. The number of hydrogen-bond donors (Lipinski definition) is 2. The highest BCUT2D eigenvalue weighted by Crippen LogP contribution is 2.32. The van der Waals surface area contributed by atoms with Crippen LogP contribution in [-0.2, 0) is 4.79 Å². The SMILES string of the molecule is Cc1cc(Br)c(NC(=O)CNC(C)(C)C)c(Br)c1. The average molecular weight is 378 g/mol. The highest BCUT2D eigenvalue weighted by Gasteiger charge is 2.13. The molecule has 100 valence electrons. The van der Waals surface area contributed by atoms with Gasteiger partial charge < -0.3 is 10.6 Å². The summed E-state index contributed by atoms with van der Waals surface area (Å²) >= 11 is 6.90. The van der Waals surface area contributed by atoms with Crippen molar-refractivity contribution in [2.24, 2.45) is 0 Å². The van der Waals surface area contributed by atoms with Gasteiger partial charge in [-0.2, -0.15) is 0 Å². The fourth-order valence-electron chi connectivity index (χ4n) is 1.35. The van der Waals surface area contributed by atoms with Crippen LogP contribution in [0, 0.1) is 6.92 Å². The first-order valence-electron chi connectivity index (χ1n) is 5.69. The molecule has 2 N–H and O–H groups in total. The summed E-state index contributed by atoms with van der Waals surface area (Å²) in [6.07, 6.45) is 0. The molecule has 0 radical (unpaired) electrons. The van der Waals surface area contributed by atoms with Gasteiger partial charge in [0.15, 0.2) is 0 Å². The second-order valence-electron chi connectivity index (χ2n) is 5.26. The summed E-state index contributed by atoms with van der Waals surface area (Å²) in [6, 6.07) is 3.94. The molecule has 0 saturated heterocycles. The lowest BCUT2D eigenvalue weighted by atomic mass is 10.1. The predicted octanol–water partition coefficient (Wildman–Crippen LogP) is 3.85. The molecule has 1 rings (SSSR count). The molecule has 0 atom stereocenters. The minimum atomic E-state index is -0.0704. The number of anilines is 1. The van der Waals surface area contributed by atoms with Gasteiger partial charge in [-0.25, -0.2) is 0 Å². The van der Waals surface area contributed by atoms with E-state index in [9.17, 15) is 4.79 Å². The van der Waals surface area contributed by atoms with Gasteiger partial charge in [-0.05, 0) is 77.3 Å². The second kappa shape index (κ2) is 6.17. The Kier molecular flexibility index (Phi) is 5.37. The van der Waals surface area contributed by atoms with E-state index in [-0.39, 0.29) is 18.0 Å². The molecule has 1 aromatic carbocycles. The van der Waals surface area contributed by atoms with Gasteiger partial charge in [0.05, 0.1) is 12.2 Å². The number of carbonyl (C=O) groups excluding carboxylic acids is 1. The monoisotopic (exact) mass is 376 g/mol. The van der Waals surface area contributed by atoms with Crippen molar-refractivity contribution in [1.82, 2.24) is 5.32 Å². The molecule has 18 heavy (non-hydrogen) atoms. The van der Waals surface area contributed by atoms with E-state index in [4.69, 9.17) is 0 Å². The second-order valence-corrected chi connectivity index (χ2v) is 6.96. The molecule has 0 unspecified atom stereocenters. The number of rotatable bonds is 3. The number of hydrogen-bond acceptors (Lipinski definition) is 2. The maximum absolute atomic E-state index is 11.8. The highest BCUT2D eigenvalue weighted by molar-refractivity contribution is 9.11. The average Bonchev–Trinajstić information content (AvgIpc) is 2.19. The zero-order valence-electron chi connectivity index (χ0n) is 11.0. The predicted molar refractivity (Wildman–Crippen MR) is 83.0 cm³/mol. The van der Waals surface area contributed by atoms with Crippen LogP contribution < -0.4 is 10.6 Å². The van der Waals surface area contributed by atoms with Crippen LogP contribution >= 0.6 is 31.9 Å². The Labute approximate surface area is 125 Å².